The van der Waals surface area contributed by atoms with Gasteiger partial charge in [0.15, 0.2) is 0 Å². The Morgan fingerprint density at radius 3 is 2.91 bits per heavy atom. The van der Waals surface area contributed by atoms with Crippen LogP contribution in [-0.4, -0.2) is 22.0 Å². The Kier molecular flexibility index (Phi) is 4.68. The van der Waals surface area contributed by atoms with E-state index in [4.69, 9.17) is 11.6 Å². The minimum atomic E-state index is -0.0671. The molecule has 3 aromatic rings. The number of benzene rings is 1. The quantitative estimate of drug-likeness (QED) is 0.747. The Morgan fingerprint density at radius 1 is 1.39 bits per heavy atom. The number of rotatable bonds is 5. The predicted molar refractivity (Wildman–Crippen MR) is 95.5 cm³/mol. The highest BCUT2D eigenvalue weighted by Crippen LogP contribution is 2.26. The molecule has 0 aliphatic heterocycles. The van der Waals surface area contributed by atoms with Crippen LogP contribution < -0.4 is 5.32 Å². The van der Waals surface area contributed by atoms with E-state index in [0.29, 0.717) is 17.3 Å². The van der Waals surface area contributed by atoms with Crippen LogP contribution in [0.3, 0.4) is 0 Å². The summed E-state index contributed by atoms with van der Waals surface area (Å²) in [7, 11) is 0. The topological polar surface area (TPSA) is 46.9 Å². The summed E-state index contributed by atoms with van der Waals surface area (Å²) in [5, 5.41) is 7.61. The van der Waals surface area contributed by atoms with Crippen molar-refractivity contribution in [2.75, 3.05) is 6.54 Å². The van der Waals surface area contributed by atoms with Gasteiger partial charge in [0.1, 0.15) is 5.69 Å². The van der Waals surface area contributed by atoms with Crippen molar-refractivity contribution in [3.63, 3.8) is 0 Å². The number of thiazole rings is 1. The molecule has 0 radical (unpaired) electrons. The molecular weight excluding hydrogens is 330 g/mol. The second-order valence-electron chi connectivity index (χ2n) is 5.63. The maximum absolute atomic E-state index is 12.6. The number of halogens is 1. The van der Waals surface area contributed by atoms with Crippen molar-refractivity contribution < 1.29 is 4.79 Å². The molecule has 3 rings (SSSR count). The minimum absolute atomic E-state index is 0.0671. The van der Waals surface area contributed by atoms with Gasteiger partial charge in [-0.25, -0.2) is 4.98 Å². The van der Waals surface area contributed by atoms with Crippen LogP contribution in [0.2, 0.25) is 5.02 Å². The van der Waals surface area contributed by atoms with Crippen LogP contribution in [0.25, 0.3) is 10.9 Å². The van der Waals surface area contributed by atoms with Crippen molar-refractivity contribution in [2.24, 2.45) is 0 Å². The van der Waals surface area contributed by atoms with E-state index in [1.165, 1.54) is 0 Å². The molecule has 120 valence electrons. The average molecular weight is 348 g/mol. The number of nitrogens with one attached hydrogen (secondary N) is 1. The fourth-order valence-electron chi connectivity index (χ4n) is 2.69. The summed E-state index contributed by atoms with van der Waals surface area (Å²) in [6.07, 6.45) is 2.53. The first-order valence-electron chi connectivity index (χ1n) is 7.53. The normalized spacial score (nSPS) is 11.3. The monoisotopic (exact) mass is 347 g/mol. The maximum atomic E-state index is 12.6. The van der Waals surface area contributed by atoms with Crippen molar-refractivity contribution in [3.8, 4) is 0 Å². The van der Waals surface area contributed by atoms with Gasteiger partial charge >= 0.3 is 0 Å². The summed E-state index contributed by atoms with van der Waals surface area (Å²) in [6.45, 7) is 4.72. The fourth-order valence-corrected chi connectivity index (χ4v) is 3.49. The average Bonchev–Trinajstić information content (AvgIpc) is 3.13. The zero-order valence-corrected chi connectivity index (χ0v) is 14.6. The Labute approximate surface area is 144 Å². The van der Waals surface area contributed by atoms with Crippen LogP contribution in [0.1, 0.15) is 35.4 Å². The lowest BCUT2D eigenvalue weighted by Crippen LogP contribution is -2.28. The largest absolute Gasteiger partial charge is 0.350 e. The first kappa shape index (κ1) is 16.0. The van der Waals surface area contributed by atoms with Gasteiger partial charge in [0, 0.05) is 46.5 Å². The molecule has 0 saturated heterocycles. The van der Waals surface area contributed by atoms with Crippen LogP contribution >= 0.6 is 22.9 Å². The van der Waals surface area contributed by atoms with Gasteiger partial charge in [0.05, 0.1) is 5.01 Å². The minimum Gasteiger partial charge on any atom is -0.350 e. The highest BCUT2D eigenvalue weighted by Gasteiger charge is 2.17. The Hall–Kier alpha value is -1.85. The van der Waals surface area contributed by atoms with E-state index in [2.05, 4.69) is 24.1 Å². The van der Waals surface area contributed by atoms with Crippen molar-refractivity contribution >= 4 is 39.7 Å². The third-order valence-electron chi connectivity index (χ3n) is 3.66. The van der Waals surface area contributed by atoms with Gasteiger partial charge < -0.3 is 9.88 Å². The smallest absolute Gasteiger partial charge is 0.267 e. The van der Waals surface area contributed by atoms with Crippen LogP contribution in [0.15, 0.2) is 35.8 Å². The summed E-state index contributed by atoms with van der Waals surface area (Å²) in [5.74, 6) is -0.0671. The summed E-state index contributed by atoms with van der Waals surface area (Å²) in [6, 6.07) is 7.80. The molecule has 0 saturated carbocycles. The first-order chi connectivity index (χ1) is 11.1. The van der Waals surface area contributed by atoms with Gasteiger partial charge in [0.2, 0.25) is 0 Å². The molecule has 1 aromatic carbocycles. The van der Waals surface area contributed by atoms with Gasteiger partial charge in [-0.1, -0.05) is 11.6 Å². The molecule has 0 spiro atoms. The Bertz CT molecular complexity index is 824. The number of hydrogen-bond donors (Lipinski definition) is 1. The van der Waals surface area contributed by atoms with Crippen molar-refractivity contribution in [1.29, 1.82) is 0 Å². The highest BCUT2D eigenvalue weighted by atomic mass is 35.5. The van der Waals surface area contributed by atoms with Crippen molar-refractivity contribution in [3.05, 3.63) is 51.6 Å². The SMILES string of the molecule is CC(C)n1c(C(=O)NCCc2nccs2)cc2cc(Cl)ccc21. The Morgan fingerprint density at radius 2 is 2.22 bits per heavy atom. The number of fused-ring (bicyclic) bond motifs is 1. The van der Waals surface area contributed by atoms with Crippen molar-refractivity contribution in [2.45, 2.75) is 26.3 Å². The lowest BCUT2D eigenvalue weighted by atomic mass is 10.2. The molecule has 0 atom stereocenters. The zero-order valence-electron chi connectivity index (χ0n) is 13.0. The molecule has 0 bridgehead atoms. The van der Waals surface area contributed by atoms with Crippen molar-refractivity contribution in [1.82, 2.24) is 14.9 Å². The summed E-state index contributed by atoms with van der Waals surface area (Å²) >= 11 is 7.67. The van der Waals surface area contributed by atoms with E-state index in [1.54, 1.807) is 17.5 Å². The molecule has 2 aromatic heterocycles. The van der Waals surface area contributed by atoms with Gasteiger partial charge in [-0.2, -0.15) is 0 Å². The second-order valence-corrected chi connectivity index (χ2v) is 7.04. The predicted octanol–water partition coefficient (Wildman–Crippen LogP) is 4.30. The summed E-state index contributed by atoms with van der Waals surface area (Å²) < 4.78 is 2.05. The number of hydrogen-bond acceptors (Lipinski definition) is 3. The number of carbonyl (C=O) groups is 1. The van der Waals surface area contributed by atoms with Gasteiger partial charge in [-0.15, -0.1) is 11.3 Å². The molecule has 1 N–H and O–H groups in total. The highest BCUT2D eigenvalue weighted by molar-refractivity contribution is 7.09. The molecule has 23 heavy (non-hydrogen) atoms. The van der Waals surface area contributed by atoms with E-state index in [-0.39, 0.29) is 11.9 Å². The molecule has 0 fully saturated rings. The van der Waals surface area contributed by atoms with Crippen LogP contribution in [0.5, 0.6) is 0 Å². The lowest BCUT2D eigenvalue weighted by molar-refractivity contribution is 0.0944. The lowest BCUT2D eigenvalue weighted by Gasteiger charge is -2.14. The van der Waals surface area contributed by atoms with Gasteiger partial charge in [-0.05, 0) is 38.1 Å². The number of nitrogens with zero attached hydrogens (tertiary/aromatic N) is 2. The summed E-state index contributed by atoms with van der Waals surface area (Å²) in [5.41, 5.74) is 1.69. The molecule has 6 heteroatoms. The van der Waals surface area contributed by atoms with E-state index >= 15 is 0 Å². The van der Waals surface area contributed by atoms with E-state index < -0.39 is 0 Å². The molecule has 1 amide bonds. The molecule has 0 aliphatic rings. The van der Waals surface area contributed by atoms with E-state index in [0.717, 1.165) is 22.3 Å². The van der Waals surface area contributed by atoms with E-state index in [1.807, 2.05) is 34.2 Å². The second kappa shape index (κ2) is 6.72. The van der Waals surface area contributed by atoms with E-state index in [9.17, 15) is 4.79 Å². The zero-order chi connectivity index (χ0) is 16.4. The van der Waals surface area contributed by atoms with Crippen LogP contribution in [0.4, 0.5) is 0 Å². The van der Waals surface area contributed by atoms with Gasteiger partial charge in [0.25, 0.3) is 5.91 Å². The maximum Gasteiger partial charge on any atom is 0.267 e. The molecule has 4 nitrogen and oxygen atoms in total. The Balaban J connectivity index is 1.82. The fraction of sp³-hybridized carbons (Fsp3) is 0.294. The molecule has 0 aliphatic carbocycles. The first-order valence-corrected chi connectivity index (χ1v) is 8.79. The van der Waals surface area contributed by atoms with Crippen LogP contribution in [-0.2, 0) is 6.42 Å². The standard InChI is InChI=1S/C17H18ClN3OS/c1-11(2)21-14-4-3-13(18)9-12(14)10-15(21)17(22)20-6-5-16-19-7-8-23-16/h3-4,7-11H,5-6H2,1-2H3,(H,20,22). The summed E-state index contributed by atoms with van der Waals surface area (Å²) in [4.78, 5) is 16.8. The molecule has 2 heterocycles. The molecule has 0 unspecified atom stereocenters. The third-order valence-corrected chi connectivity index (χ3v) is 4.73. The van der Waals surface area contributed by atoms with Gasteiger partial charge in [-0.3, -0.25) is 4.79 Å². The third kappa shape index (κ3) is 3.41. The molecular formula is C17H18ClN3OS. The van der Waals surface area contributed by atoms with Crippen LogP contribution in [0, 0.1) is 0 Å². The number of carbonyl (C=O) groups excluding carboxylic acids is 1. The number of amides is 1. The number of aromatic nitrogens is 2.